The Morgan fingerprint density at radius 1 is 1.20 bits per heavy atom. The van der Waals surface area contributed by atoms with Crippen molar-refractivity contribution in [1.29, 1.82) is 0 Å². The van der Waals surface area contributed by atoms with Gasteiger partial charge in [-0.1, -0.05) is 18.2 Å². The third-order valence-electron chi connectivity index (χ3n) is 3.59. The van der Waals surface area contributed by atoms with Crippen molar-refractivity contribution < 1.29 is 9.90 Å². The fraction of sp³-hybridized carbons (Fsp3) is 0.188. The van der Waals surface area contributed by atoms with Gasteiger partial charge in [0.25, 0.3) is 5.91 Å². The molecular formula is C16H16N2O2. The minimum Gasteiger partial charge on any atom is -0.505 e. The highest BCUT2D eigenvalue weighted by molar-refractivity contribution is 6.05. The molecule has 0 unspecified atom stereocenters. The summed E-state index contributed by atoms with van der Waals surface area (Å²) >= 11 is 0. The van der Waals surface area contributed by atoms with Crippen LogP contribution in [0, 0.1) is 6.92 Å². The molecule has 0 spiro atoms. The van der Waals surface area contributed by atoms with E-state index in [-0.39, 0.29) is 11.7 Å². The van der Waals surface area contributed by atoms with Crippen molar-refractivity contribution in [3.05, 3.63) is 58.7 Å². The molecule has 1 heterocycles. The van der Waals surface area contributed by atoms with Gasteiger partial charge in [0.15, 0.2) is 0 Å². The van der Waals surface area contributed by atoms with Crippen molar-refractivity contribution in [2.75, 3.05) is 5.32 Å². The lowest BCUT2D eigenvalue weighted by Crippen LogP contribution is -2.12. The molecule has 0 bridgehead atoms. The number of phenols is 1. The molecule has 0 radical (unpaired) electrons. The number of fused-ring (bicyclic) bond motifs is 1. The standard InChI is InChI=1S/C16H16N2O2/c1-10-3-2-4-14(15(10)19)18-16(20)11-5-6-12-8-17-9-13(12)7-11/h2-7,17,19H,8-9H2,1H3,(H,18,20). The van der Waals surface area contributed by atoms with E-state index in [1.807, 2.05) is 18.2 Å². The fourth-order valence-electron chi connectivity index (χ4n) is 2.39. The van der Waals surface area contributed by atoms with Crippen molar-refractivity contribution in [2.24, 2.45) is 0 Å². The minimum absolute atomic E-state index is 0.115. The van der Waals surface area contributed by atoms with Crippen LogP contribution in [0.3, 0.4) is 0 Å². The second-order valence-electron chi connectivity index (χ2n) is 5.01. The summed E-state index contributed by atoms with van der Waals surface area (Å²) in [5.41, 5.74) is 4.17. The number of nitrogens with one attached hydrogen (secondary N) is 2. The lowest BCUT2D eigenvalue weighted by molar-refractivity contribution is 0.102. The molecule has 1 aliphatic rings. The van der Waals surface area contributed by atoms with Crippen LogP contribution >= 0.6 is 0 Å². The maximum absolute atomic E-state index is 12.2. The lowest BCUT2D eigenvalue weighted by atomic mass is 10.1. The summed E-state index contributed by atoms with van der Waals surface area (Å²) in [4.78, 5) is 12.2. The number of carbonyl (C=O) groups is 1. The molecule has 0 aliphatic carbocycles. The Kier molecular flexibility index (Phi) is 3.16. The quantitative estimate of drug-likeness (QED) is 0.734. The van der Waals surface area contributed by atoms with Gasteiger partial charge < -0.3 is 15.7 Å². The highest BCUT2D eigenvalue weighted by atomic mass is 16.3. The molecule has 1 aliphatic heterocycles. The third kappa shape index (κ3) is 2.26. The van der Waals surface area contributed by atoms with E-state index in [2.05, 4.69) is 10.6 Å². The van der Waals surface area contributed by atoms with Gasteiger partial charge >= 0.3 is 0 Å². The van der Waals surface area contributed by atoms with Crippen LogP contribution < -0.4 is 10.6 Å². The maximum Gasteiger partial charge on any atom is 0.255 e. The Labute approximate surface area is 117 Å². The van der Waals surface area contributed by atoms with Crippen LogP contribution in [-0.2, 0) is 13.1 Å². The number of amides is 1. The first-order valence-corrected chi connectivity index (χ1v) is 6.57. The highest BCUT2D eigenvalue weighted by Gasteiger charge is 2.14. The number of aryl methyl sites for hydroxylation is 1. The average molecular weight is 268 g/mol. The summed E-state index contributed by atoms with van der Waals surface area (Å²) < 4.78 is 0. The average Bonchev–Trinajstić information content (AvgIpc) is 2.91. The maximum atomic E-state index is 12.2. The van der Waals surface area contributed by atoms with Crippen LogP contribution in [0.1, 0.15) is 27.0 Å². The van der Waals surface area contributed by atoms with Gasteiger partial charge in [-0.2, -0.15) is 0 Å². The van der Waals surface area contributed by atoms with E-state index in [9.17, 15) is 9.90 Å². The number of phenolic OH excluding ortho intramolecular Hbond substituents is 1. The molecule has 0 aromatic heterocycles. The smallest absolute Gasteiger partial charge is 0.255 e. The van der Waals surface area contributed by atoms with Gasteiger partial charge in [-0.05, 0) is 41.8 Å². The predicted molar refractivity (Wildman–Crippen MR) is 77.8 cm³/mol. The van der Waals surface area contributed by atoms with Gasteiger partial charge in [-0.3, -0.25) is 4.79 Å². The fourth-order valence-corrected chi connectivity index (χ4v) is 2.39. The number of carbonyl (C=O) groups excluding carboxylic acids is 1. The topological polar surface area (TPSA) is 61.4 Å². The summed E-state index contributed by atoms with van der Waals surface area (Å²) in [5.74, 6) is -0.0933. The summed E-state index contributed by atoms with van der Waals surface area (Å²) in [7, 11) is 0. The Balaban J connectivity index is 1.84. The van der Waals surface area contributed by atoms with E-state index >= 15 is 0 Å². The number of para-hydroxylation sites is 1. The van der Waals surface area contributed by atoms with Gasteiger partial charge in [-0.25, -0.2) is 0 Å². The van der Waals surface area contributed by atoms with Gasteiger partial charge in [0, 0.05) is 18.7 Å². The van der Waals surface area contributed by atoms with Crippen LogP contribution in [0.5, 0.6) is 5.75 Å². The van der Waals surface area contributed by atoms with Crippen molar-refractivity contribution in [2.45, 2.75) is 20.0 Å². The monoisotopic (exact) mass is 268 g/mol. The number of rotatable bonds is 2. The zero-order valence-electron chi connectivity index (χ0n) is 11.2. The number of hydrogen-bond acceptors (Lipinski definition) is 3. The molecule has 4 heteroatoms. The van der Waals surface area contributed by atoms with Crippen LogP contribution in [0.4, 0.5) is 5.69 Å². The van der Waals surface area contributed by atoms with E-state index in [1.54, 1.807) is 25.1 Å². The molecule has 3 N–H and O–H groups in total. The molecule has 2 aromatic rings. The van der Waals surface area contributed by atoms with E-state index < -0.39 is 0 Å². The normalized spacial score (nSPS) is 13.1. The van der Waals surface area contributed by atoms with Crippen molar-refractivity contribution in [3.8, 4) is 5.75 Å². The number of anilines is 1. The van der Waals surface area contributed by atoms with Gasteiger partial charge in [0.05, 0.1) is 5.69 Å². The molecular weight excluding hydrogens is 252 g/mol. The van der Waals surface area contributed by atoms with Crippen molar-refractivity contribution in [1.82, 2.24) is 5.32 Å². The summed E-state index contributed by atoms with van der Waals surface area (Å²) in [6.45, 7) is 3.45. The first-order chi connectivity index (χ1) is 9.65. The van der Waals surface area contributed by atoms with Gasteiger partial charge in [-0.15, -0.1) is 0 Å². The largest absolute Gasteiger partial charge is 0.505 e. The molecule has 0 atom stereocenters. The summed E-state index contributed by atoms with van der Waals surface area (Å²) in [6.07, 6.45) is 0. The van der Waals surface area contributed by atoms with E-state index in [0.717, 1.165) is 24.2 Å². The van der Waals surface area contributed by atoms with Crippen LogP contribution in [0.15, 0.2) is 36.4 Å². The lowest BCUT2D eigenvalue weighted by Gasteiger charge is -2.09. The minimum atomic E-state index is -0.208. The molecule has 0 saturated heterocycles. The Morgan fingerprint density at radius 2 is 2.00 bits per heavy atom. The molecule has 0 fully saturated rings. The third-order valence-corrected chi connectivity index (χ3v) is 3.59. The van der Waals surface area contributed by atoms with Crippen molar-refractivity contribution in [3.63, 3.8) is 0 Å². The summed E-state index contributed by atoms with van der Waals surface area (Å²) in [5, 5.41) is 15.9. The van der Waals surface area contributed by atoms with Crippen molar-refractivity contribution >= 4 is 11.6 Å². The SMILES string of the molecule is Cc1cccc(NC(=O)c2ccc3c(c2)CNC3)c1O. The highest BCUT2D eigenvalue weighted by Crippen LogP contribution is 2.27. The van der Waals surface area contributed by atoms with Gasteiger partial charge in [0.2, 0.25) is 0 Å². The predicted octanol–water partition coefficient (Wildman–Crippen LogP) is 2.56. The molecule has 4 nitrogen and oxygen atoms in total. The zero-order valence-corrected chi connectivity index (χ0v) is 11.2. The Hall–Kier alpha value is -2.33. The molecule has 3 rings (SSSR count). The number of hydrogen-bond donors (Lipinski definition) is 3. The second kappa shape index (κ2) is 4.98. The Morgan fingerprint density at radius 3 is 2.85 bits per heavy atom. The van der Waals surface area contributed by atoms with Crippen LogP contribution in [-0.4, -0.2) is 11.0 Å². The molecule has 0 saturated carbocycles. The van der Waals surface area contributed by atoms with Crippen LogP contribution in [0.25, 0.3) is 0 Å². The molecule has 20 heavy (non-hydrogen) atoms. The molecule has 2 aromatic carbocycles. The number of aromatic hydroxyl groups is 1. The molecule has 102 valence electrons. The first kappa shape index (κ1) is 12.7. The van der Waals surface area contributed by atoms with E-state index in [4.69, 9.17) is 0 Å². The Bertz CT molecular complexity index is 680. The second-order valence-corrected chi connectivity index (χ2v) is 5.01. The number of benzene rings is 2. The van der Waals surface area contributed by atoms with E-state index in [1.165, 1.54) is 5.56 Å². The van der Waals surface area contributed by atoms with E-state index in [0.29, 0.717) is 11.3 Å². The molecule has 1 amide bonds. The zero-order chi connectivity index (χ0) is 14.1. The van der Waals surface area contributed by atoms with Crippen LogP contribution in [0.2, 0.25) is 0 Å². The first-order valence-electron chi connectivity index (χ1n) is 6.57. The van der Waals surface area contributed by atoms with Gasteiger partial charge in [0.1, 0.15) is 5.75 Å². The summed E-state index contributed by atoms with van der Waals surface area (Å²) in [6, 6.07) is 11.0.